The number of fused-ring (bicyclic) bond motifs is 1. The molecule has 4 nitrogen and oxygen atoms in total. The molecule has 1 atom stereocenters. The standard InChI is InChI=1S/C10H15N3O/c11-8-2-1-3-9-7(8)6-12-10(13-9)4-5-14/h1-3,10,12-14H,4-6,11H2. The molecule has 1 aromatic carbocycles. The van der Waals surface area contributed by atoms with Crippen LogP contribution in [0.1, 0.15) is 12.0 Å². The lowest BCUT2D eigenvalue weighted by atomic mass is 10.1. The van der Waals surface area contributed by atoms with Crippen LogP contribution < -0.4 is 16.4 Å². The van der Waals surface area contributed by atoms with Crippen molar-refractivity contribution < 1.29 is 5.11 Å². The van der Waals surface area contributed by atoms with E-state index >= 15 is 0 Å². The molecule has 1 unspecified atom stereocenters. The zero-order valence-electron chi connectivity index (χ0n) is 7.96. The number of aliphatic hydroxyl groups is 1. The molecule has 1 aliphatic heterocycles. The van der Waals surface area contributed by atoms with Crippen LogP contribution in [0.2, 0.25) is 0 Å². The molecule has 0 aromatic heterocycles. The van der Waals surface area contributed by atoms with Crippen molar-refractivity contribution >= 4 is 11.4 Å². The zero-order chi connectivity index (χ0) is 9.97. The molecule has 2 rings (SSSR count). The number of hydrogen-bond donors (Lipinski definition) is 4. The van der Waals surface area contributed by atoms with Crippen molar-refractivity contribution in [2.45, 2.75) is 19.1 Å². The van der Waals surface area contributed by atoms with Gasteiger partial charge in [-0.3, -0.25) is 5.32 Å². The minimum atomic E-state index is 0.147. The van der Waals surface area contributed by atoms with Gasteiger partial charge in [-0.15, -0.1) is 0 Å². The molecule has 0 saturated heterocycles. The van der Waals surface area contributed by atoms with Crippen LogP contribution in [0, 0.1) is 0 Å². The lowest BCUT2D eigenvalue weighted by Crippen LogP contribution is -2.40. The summed E-state index contributed by atoms with van der Waals surface area (Å²) in [5.41, 5.74) is 8.83. The van der Waals surface area contributed by atoms with E-state index in [0.717, 1.165) is 23.5 Å². The molecule has 0 amide bonds. The summed E-state index contributed by atoms with van der Waals surface area (Å²) in [6.45, 7) is 0.946. The second-order valence-corrected chi connectivity index (χ2v) is 3.46. The first-order valence-electron chi connectivity index (χ1n) is 4.79. The van der Waals surface area contributed by atoms with Crippen molar-refractivity contribution in [3.63, 3.8) is 0 Å². The Kier molecular flexibility index (Phi) is 2.56. The van der Waals surface area contributed by atoms with Gasteiger partial charge >= 0.3 is 0 Å². The van der Waals surface area contributed by atoms with Crippen molar-refractivity contribution in [2.24, 2.45) is 0 Å². The maximum atomic E-state index is 8.82. The Hall–Kier alpha value is -1.26. The van der Waals surface area contributed by atoms with Crippen molar-refractivity contribution in [3.8, 4) is 0 Å². The fourth-order valence-corrected chi connectivity index (χ4v) is 1.70. The van der Waals surface area contributed by atoms with Crippen molar-refractivity contribution in [1.82, 2.24) is 5.32 Å². The van der Waals surface area contributed by atoms with Crippen molar-refractivity contribution in [2.75, 3.05) is 17.7 Å². The van der Waals surface area contributed by atoms with Crippen LogP contribution in [0.3, 0.4) is 0 Å². The first-order valence-corrected chi connectivity index (χ1v) is 4.79. The Morgan fingerprint density at radius 1 is 1.50 bits per heavy atom. The van der Waals surface area contributed by atoms with Gasteiger partial charge in [-0.2, -0.15) is 0 Å². The van der Waals surface area contributed by atoms with E-state index in [4.69, 9.17) is 10.8 Å². The Morgan fingerprint density at radius 3 is 3.14 bits per heavy atom. The van der Waals surface area contributed by atoms with E-state index in [9.17, 15) is 0 Å². The number of nitrogens with two attached hydrogens (primary N) is 1. The second-order valence-electron chi connectivity index (χ2n) is 3.46. The molecule has 0 radical (unpaired) electrons. The number of anilines is 2. The number of nitrogen functional groups attached to an aromatic ring is 1. The quantitative estimate of drug-likeness (QED) is 0.516. The Balaban J connectivity index is 2.18. The van der Waals surface area contributed by atoms with Gasteiger partial charge in [0.1, 0.15) is 0 Å². The Morgan fingerprint density at radius 2 is 2.36 bits per heavy atom. The third-order valence-electron chi connectivity index (χ3n) is 2.49. The highest BCUT2D eigenvalue weighted by atomic mass is 16.3. The summed E-state index contributed by atoms with van der Waals surface area (Å²) in [6, 6.07) is 5.84. The topological polar surface area (TPSA) is 70.3 Å². The van der Waals surface area contributed by atoms with Gasteiger partial charge in [-0.05, 0) is 12.1 Å². The highest BCUT2D eigenvalue weighted by Crippen LogP contribution is 2.25. The largest absolute Gasteiger partial charge is 0.398 e. The summed E-state index contributed by atoms with van der Waals surface area (Å²) in [4.78, 5) is 0. The van der Waals surface area contributed by atoms with Crippen LogP contribution in [0.15, 0.2) is 18.2 Å². The van der Waals surface area contributed by atoms with Crippen LogP contribution in [0.4, 0.5) is 11.4 Å². The van der Waals surface area contributed by atoms with Gasteiger partial charge in [-0.1, -0.05) is 6.07 Å². The van der Waals surface area contributed by atoms with E-state index in [-0.39, 0.29) is 12.8 Å². The zero-order valence-corrected chi connectivity index (χ0v) is 7.96. The number of benzene rings is 1. The minimum absolute atomic E-state index is 0.147. The molecule has 0 fully saturated rings. The molecule has 5 N–H and O–H groups in total. The van der Waals surface area contributed by atoms with Gasteiger partial charge < -0.3 is 16.2 Å². The molecular formula is C10H15N3O. The number of rotatable bonds is 2. The average molecular weight is 193 g/mol. The molecule has 0 spiro atoms. The fourth-order valence-electron chi connectivity index (χ4n) is 1.70. The minimum Gasteiger partial charge on any atom is -0.398 e. The molecule has 76 valence electrons. The summed E-state index contributed by atoms with van der Waals surface area (Å²) in [7, 11) is 0. The van der Waals surface area contributed by atoms with Crippen molar-refractivity contribution in [1.29, 1.82) is 0 Å². The molecule has 0 bridgehead atoms. The van der Waals surface area contributed by atoms with Crippen molar-refractivity contribution in [3.05, 3.63) is 23.8 Å². The molecule has 0 saturated carbocycles. The van der Waals surface area contributed by atoms with E-state index in [0.29, 0.717) is 6.42 Å². The van der Waals surface area contributed by atoms with Gasteiger partial charge in [0.25, 0.3) is 0 Å². The molecular weight excluding hydrogens is 178 g/mol. The Bertz CT molecular complexity index is 327. The third kappa shape index (κ3) is 1.66. The van der Waals surface area contributed by atoms with Crippen LogP contribution in [-0.4, -0.2) is 17.9 Å². The number of hydrogen-bond acceptors (Lipinski definition) is 4. The summed E-state index contributed by atoms with van der Waals surface area (Å²) in [6.07, 6.45) is 0.850. The molecule has 4 heteroatoms. The summed E-state index contributed by atoms with van der Waals surface area (Å²) < 4.78 is 0. The van der Waals surface area contributed by atoms with Crippen LogP contribution in [-0.2, 0) is 6.54 Å². The number of nitrogens with one attached hydrogen (secondary N) is 2. The summed E-state index contributed by atoms with van der Waals surface area (Å²) in [5.74, 6) is 0. The van der Waals surface area contributed by atoms with Gasteiger partial charge in [0, 0.05) is 36.5 Å². The Labute approximate surface area is 83.1 Å². The fraction of sp³-hybridized carbons (Fsp3) is 0.400. The van der Waals surface area contributed by atoms with E-state index in [2.05, 4.69) is 10.6 Å². The average Bonchev–Trinajstić information content (AvgIpc) is 2.18. The monoisotopic (exact) mass is 193 g/mol. The molecule has 14 heavy (non-hydrogen) atoms. The molecule has 1 aliphatic rings. The van der Waals surface area contributed by atoms with E-state index in [1.54, 1.807) is 0 Å². The van der Waals surface area contributed by atoms with Gasteiger partial charge in [0.15, 0.2) is 0 Å². The van der Waals surface area contributed by atoms with Gasteiger partial charge in [0.2, 0.25) is 0 Å². The first kappa shape index (κ1) is 9.30. The number of aliphatic hydroxyl groups excluding tert-OH is 1. The van der Waals surface area contributed by atoms with E-state index < -0.39 is 0 Å². The summed E-state index contributed by atoms with van der Waals surface area (Å²) in [5, 5.41) is 15.4. The molecule has 1 heterocycles. The van der Waals surface area contributed by atoms with E-state index in [1.807, 2.05) is 18.2 Å². The normalized spacial score (nSPS) is 19.9. The highest BCUT2D eigenvalue weighted by Gasteiger charge is 2.17. The van der Waals surface area contributed by atoms with Crippen LogP contribution >= 0.6 is 0 Å². The smallest absolute Gasteiger partial charge is 0.0792 e. The summed E-state index contributed by atoms with van der Waals surface area (Å²) >= 11 is 0. The highest BCUT2D eigenvalue weighted by molar-refractivity contribution is 5.64. The SMILES string of the molecule is Nc1cccc2c1CNC(CCO)N2. The molecule has 1 aromatic rings. The molecule has 0 aliphatic carbocycles. The predicted octanol–water partition coefficient (Wildman–Crippen LogP) is 0.492. The lowest BCUT2D eigenvalue weighted by Gasteiger charge is -2.28. The van der Waals surface area contributed by atoms with Crippen LogP contribution in [0.5, 0.6) is 0 Å². The second kappa shape index (κ2) is 3.86. The first-order chi connectivity index (χ1) is 6.81. The van der Waals surface area contributed by atoms with Gasteiger partial charge in [-0.25, -0.2) is 0 Å². The maximum Gasteiger partial charge on any atom is 0.0792 e. The maximum absolute atomic E-state index is 8.82. The lowest BCUT2D eigenvalue weighted by molar-refractivity contribution is 0.269. The predicted molar refractivity (Wildman–Crippen MR) is 56.8 cm³/mol. The van der Waals surface area contributed by atoms with E-state index in [1.165, 1.54) is 0 Å². The van der Waals surface area contributed by atoms with Gasteiger partial charge in [0.05, 0.1) is 6.17 Å². The van der Waals surface area contributed by atoms with Crippen LogP contribution in [0.25, 0.3) is 0 Å². The third-order valence-corrected chi connectivity index (χ3v) is 2.49.